The largest absolute Gasteiger partial charge is 0.462 e. The first-order valence-electron chi connectivity index (χ1n) is 5.47. The third kappa shape index (κ3) is 4.40. The molecule has 1 rings (SSSR count). The van der Waals surface area contributed by atoms with Gasteiger partial charge in [-0.05, 0) is 19.1 Å². The molecule has 0 fully saturated rings. The number of carbonyl (C=O) groups is 1. The van der Waals surface area contributed by atoms with Crippen LogP contribution in [0.15, 0.2) is 18.3 Å². The Hall–Kier alpha value is -1.83. The van der Waals surface area contributed by atoms with E-state index in [1.54, 1.807) is 6.92 Å². The van der Waals surface area contributed by atoms with E-state index < -0.39 is 24.8 Å². The molecule has 0 radical (unpaired) electrons. The van der Waals surface area contributed by atoms with E-state index in [0.29, 0.717) is 0 Å². The third-order valence-corrected chi connectivity index (χ3v) is 2.14. The van der Waals surface area contributed by atoms with E-state index in [-0.39, 0.29) is 18.0 Å². The van der Waals surface area contributed by atoms with Crippen LogP contribution in [0.3, 0.4) is 0 Å². The first-order chi connectivity index (χ1) is 8.86. The molecule has 106 valence electrons. The van der Waals surface area contributed by atoms with Gasteiger partial charge >= 0.3 is 12.1 Å². The molecule has 1 atom stereocenters. The molecule has 0 aliphatic carbocycles. The second-order valence-electron chi connectivity index (χ2n) is 3.56. The summed E-state index contributed by atoms with van der Waals surface area (Å²) in [5, 5.41) is 11.1. The number of esters is 1. The van der Waals surface area contributed by atoms with Crippen LogP contribution in [0, 0.1) is 0 Å². The number of aromatic nitrogens is 1. The Morgan fingerprint density at radius 2 is 2.26 bits per heavy atom. The van der Waals surface area contributed by atoms with Crippen molar-refractivity contribution < 1.29 is 27.8 Å². The Bertz CT molecular complexity index is 437. The summed E-state index contributed by atoms with van der Waals surface area (Å²) in [6, 6.07) is 2.82. The van der Waals surface area contributed by atoms with Gasteiger partial charge in [-0.3, -0.25) is 0 Å². The lowest BCUT2D eigenvalue weighted by molar-refractivity contribution is -0.198. The van der Waals surface area contributed by atoms with Crippen molar-refractivity contribution in [3.05, 3.63) is 23.9 Å². The van der Waals surface area contributed by atoms with Gasteiger partial charge in [0.25, 0.3) is 0 Å². The van der Waals surface area contributed by atoms with Crippen LogP contribution in [-0.4, -0.2) is 41.5 Å². The van der Waals surface area contributed by atoms with Crippen LogP contribution in [-0.2, 0) is 4.74 Å². The molecule has 0 saturated carbocycles. The van der Waals surface area contributed by atoms with Crippen LogP contribution >= 0.6 is 0 Å². The van der Waals surface area contributed by atoms with Gasteiger partial charge in [0.1, 0.15) is 11.4 Å². The number of rotatable bonds is 5. The Morgan fingerprint density at radius 3 is 2.84 bits per heavy atom. The molecule has 0 bridgehead atoms. The van der Waals surface area contributed by atoms with Crippen LogP contribution < -0.4 is 5.32 Å². The molecule has 1 unspecified atom stereocenters. The van der Waals surface area contributed by atoms with Crippen molar-refractivity contribution in [1.29, 1.82) is 0 Å². The number of ether oxygens (including phenoxy) is 1. The van der Waals surface area contributed by atoms with Crippen LogP contribution in [0.4, 0.5) is 19.0 Å². The van der Waals surface area contributed by atoms with Crippen molar-refractivity contribution in [2.24, 2.45) is 0 Å². The maximum absolute atomic E-state index is 12.1. The minimum atomic E-state index is -4.73. The van der Waals surface area contributed by atoms with Gasteiger partial charge in [-0.1, -0.05) is 0 Å². The second-order valence-corrected chi connectivity index (χ2v) is 3.56. The highest BCUT2D eigenvalue weighted by Crippen LogP contribution is 2.21. The fraction of sp³-hybridized carbons (Fsp3) is 0.455. The molecule has 8 heteroatoms. The molecule has 1 aromatic rings. The molecular formula is C11H13F3N2O3. The van der Waals surface area contributed by atoms with Gasteiger partial charge in [0.2, 0.25) is 0 Å². The summed E-state index contributed by atoms with van der Waals surface area (Å²) < 4.78 is 41.1. The van der Waals surface area contributed by atoms with E-state index in [0.717, 1.165) is 0 Å². The molecule has 0 aliphatic rings. The fourth-order valence-corrected chi connectivity index (χ4v) is 1.23. The van der Waals surface area contributed by atoms with Gasteiger partial charge in [0.05, 0.1) is 13.2 Å². The van der Waals surface area contributed by atoms with Crippen molar-refractivity contribution >= 4 is 11.8 Å². The summed E-state index contributed by atoms with van der Waals surface area (Å²) >= 11 is 0. The van der Waals surface area contributed by atoms with Gasteiger partial charge in [-0.2, -0.15) is 13.2 Å². The maximum Gasteiger partial charge on any atom is 0.416 e. The number of nitrogens with one attached hydrogen (secondary N) is 1. The molecule has 0 aliphatic heterocycles. The van der Waals surface area contributed by atoms with Crippen LogP contribution in [0.5, 0.6) is 0 Å². The Balaban J connectivity index is 2.76. The van der Waals surface area contributed by atoms with Crippen LogP contribution in [0.1, 0.15) is 17.3 Å². The molecule has 2 N–H and O–H groups in total. The highest BCUT2D eigenvalue weighted by Gasteiger charge is 2.38. The number of halogens is 3. The second kappa shape index (κ2) is 6.37. The predicted molar refractivity (Wildman–Crippen MR) is 60.7 cm³/mol. The minimum Gasteiger partial charge on any atom is -0.462 e. The molecule has 0 amide bonds. The summed E-state index contributed by atoms with van der Waals surface area (Å²) in [7, 11) is 0. The van der Waals surface area contributed by atoms with E-state index in [1.165, 1.54) is 18.3 Å². The summed E-state index contributed by atoms with van der Waals surface area (Å²) in [4.78, 5) is 15.3. The lowest BCUT2D eigenvalue weighted by Gasteiger charge is -2.16. The molecular weight excluding hydrogens is 265 g/mol. The number of nitrogens with zero attached hydrogens (tertiary/aromatic N) is 1. The average Bonchev–Trinajstić information content (AvgIpc) is 2.35. The smallest absolute Gasteiger partial charge is 0.416 e. The van der Waals surface area contributed by atoms with E-state index in [2.05, 4.69) is 10.3 Å². The first kappa shape index (κ1) is 15.2. The van der Waals surface area contributed by atoms with E-state index >= 15 is 0 Å². The molecule has 0 saturated heterocycles. The fourth-order valence-electron chi connectivity index (χ4n) is 1.23. The van der Waals surface area contributed by atoms with Crippen molar-refractivity contribution in [3.8, 4) is 0 Å². The number of hydrogen-bond acceptors (Lipinski definition) is 5. The number of alkyl halides is 3. The number of hydrogen-bond donors (Lipinski definition) is 2. The minimum absolute atomic E-state index is 0.0127. The number of aliphatic hydroxyl groups is 1. The highest BCUT2D eigenvalue weighted by molar-refractivity contribution is 5.94. The molecule has 1 heterocycles. The van der Waals surface area contributed by atoms with Crippen molar-refractivity contribution in [2.45, 2.75) is 19.2 Å². The molecule has 1 aromatic heterocycles. The Morgan fingerprint density at radius 1 is 1.58 bits per heavy atom. The lowest BCUT2D eigenvalue weighted by atomic mass is 10.2. The zero-order valence-electron chi connectivity index (χ0n) is 10.1. The van der Waals surface area contributed by atoms with E-state index in [9.17, 15) is 18.0 Å². The van der Waals surface area contributed by atoms with Crippen molar-refractivity contribution in [3.63, 3.8) is 0 Å². The quantitative estimate of drug-likeness (QED) is 0.800. The average molecular weight is 278 g/mol. The first-order valence-corrected chi connectivity index (χ1v) is 5.47. The van der Waals surface area contributed by atoms with Gasteiger partial charge in [0.15, 0.2) is 6.10 Å². The Labute approximate surface area is 107 Å². The zero-order valence-corrected chi connectivity index (χ0v) is 10.1. The molecule has 5 nitrogen and oxygen atoms in total. The Kier molecular flexibility index (Phi) is 5.11. The number of aliphatic hydroxyl groups excluding tert-OH is 1. The summed E-state index contributed by atoms with van der Waals surface area (Å²) in [5.74, 6) is -0.760. The van der Waals surface area contributed by atoms with E-state index in [4.69, 9.17) is 9.84 Å². The van der Waals surface area contributed by atoms with Gasteiger partial charge in [-0.25, -0.2) is 9.78 Å². The zero-order chi connectivity index (χ0) is 14.5. The molecule has 0 aromatic carbocycles. The van der Waals surface area contributed by atoms with Crippen molar-refractivity contribution in [1.82, 2.24) is 4.98 Å². The maximum atomic E-state index is 12.1. The SMILES string of the molecule is CCOC(=O)c1cccnc1NCC(O)C(F)(F)F. The van der Waals surface area contributed by atoms with Gasteiger partial charge in [-0.15, -0.1) is 0 Å². The van der Waals surface area contributed by atoms with Crippen LogP contribution in [0.2, 0.25) is 0 Å². The third-order valence-electron chi connectivity index (χ3n) is 2.14. The standard InChI is InChI=1S/C11H13F3N2O3/c1-2-19-10(18)7-4-3-5-15-9(7)16-6-8(17)11(12,13)14/h3-5,8,17H,2,6H2,1H3,(H,15,16). The monoisotopic (exact) mass is 278 g/mol. The summed E-state index contributed by atoms with van der Waals surface area (Å²) in [5.41, 5.74) is 0.0127. The van der Waals surface area contributed by atoms with Gasteiger partial charge < -0.3 is 15.2 Å². The van der Waals surface area contributed by atoms with Gasteiger partial charge in [0, 0.05) is 6.20 Å². The number of carbonyl (C=O) groups excluding carboxylic acids is 1. The molecule has 0 spiro atoms. The lowest BCUT2D eigenvalue weighted by Crippen LogP contribution is -2.35. The normalized spacial score (nSPS) is 12.9. The topological polar surface area (TPSA) is 71.5 Å². The van der Waals surface area contributed by atoms with E-state index in [1.807, 2.05) is 0 Å². The summed E-state index contributed by atoms with van der Waals surface area (Å²) in [6.45, 7) is 0.944. The number of pyridine rings is 1. The molecule has 19 heavy (non-hydrogen) atoms. The highest BCUT2D eigenvalue weighted by atomic mass is 19.4. The predicted octanol–water partition coefficient (Wildman–Crippen LogP) is 1.59. The van der Waals surface area contributed by atoms with Crippen molar-refractivity contribution in [2.75, 3.05) is 18.5 Å². The summed E-state index contributed by atoms with van der Waals surface area (Å²) in [6.07, 6.45) is -5.96. The van der Waals surface area contributed by atoms with Crippen LogP contribution in [0.25, 0.3) is 0 Å². The number of anilines is 1.